The zero-order chi connectivity index (χ0) is 89.8. The number of nitrogens with one attached hydrogen (secondary N) is 16. The van der Waals surface area contributed by atoms with Gasteiger partial charge in [0.2, 0.25) is 88.6 Å². The lowest BCUT2D eigenvalue weighted by Crippen LogP contribution is -2.62. The van der Waals surface area contributed by atoms with Crippen molar-refractivity contribution < 1.29 is 86.6 Å². The van der Waals surface area contributed by atoms with Gasteiger partial charge >= 0.3 is 12.1 Å². The van der Waals surface area contributed by atoms with Gasteiger partial charge in [-0.25, -0.2) is 9.59 Å². The Balaban J connectivity index is 1.03. The van der Waals surface area contributed by atoms with Crippen molar-refractivity contribution in [2.45, 2.75) is 204 Å². The molecule has 0 bridgehead atoms. The molecule has 37 nitrogen and oxygen atoms in total. The number of halogens is 1. The van der Waals surface area contributed by atoms with Gasteiger partial charge in [-0.15, -0.1) is 0 Å². The molecule has 19 N–H and O–H groups in total. The number of benzene rings is 5. The molecule has 0 aliphatic carbocycles. The van der Waals surface area contributed by atoms with E-state index in [1.807, 2.05) is 55.6 Å². The van der Waals surface area contributed by atoms with Crippen molar-refractivity contribution >= 4 is 134 Å². The van der Waals surface area contributed by atoms with E-state index in [2.05, 4.69) is 84.7 Å². The molecule has 12 atom stereocenters. The Bertz CT molecular complexity index is 4860. The van der Waals surface area contributed by atoms with E-state index in [4.69, 9.17) is 17.3 Å². The Morgan fingerprint density at radius 2 is 0.944 bits per heavy atom. The lowest BCUT2D eigenvalue weighted by molar-refractivity contribution is -0.142. The summed E-state index contributed by atoms with van der Waals surface area (Å²) in [5, 5.41) is 55.0. The second-order valence-corrected chi connectivity index (χ2v) is 32.0. The first-order valence-electron chi connectivity index (χ1n) is 40.9. The molecular formula is C86H106ClN19O18. The molecule has 6 aromatic rings. The number of imide groups is 2. The number of nitrogens with two attached hydrogens (primary N) is 1. The summed E-state index contributed by atoms with van der Waals surface area (Å²) in [7, 11) is 0. The highest BCUT2D eigenvalue weighted by Gasteiger charge is 2.41. The third-order valence-corrected chi connectivity index (χ3v) is 21.0. The van der Waals surface area contributed by atoms with Crippen molar-refractivity contribution in [3.8, 4) is 0 Å². The maximum Gasteiger partial charge on any atom is 0.322 e. The molecule has 5 aromatic carbocycles. The highest BCUT2D eigenvalue weighted by molar-refractivity contribution is 6.30. The summed E-state index contributed by atoms with van der Waals surface area (Å²) in [5.41, 5.74) is 7.90. The van der Waals surface area contributed by atoms with Crippen LogP contribution in [0, 0.1) is 5.92 Å². The van der Waals surface area contributed by atoms with Crippen molar-refractivity contribution in [2.75, 3.05) is 30.3 Å². The van der Waals surface area contributed by atoms with Crippen molar-refractivity contribution in [3.63, 3.8) is 0 Å². The zero-order valence-electron chi connectivity index (χ0n) is 69.4. The molecule has 0 spiro atoms. The smallest absolute Gasteiger partial charge is 0.322 e. The van der Waals surface area contributed by atoms with E-state index in [0.29, 0.717) is 53.1 Å². The molecule has 19 amide bonds. The van der Waals surface area contributed by atoms with Crippen LogP contribution in [-0.4, -0.2) is 214 Å². The first kappa shape index (κ1) is 94.6. The number of anilines is 2. The highest BCUT2D eigenvalue weighted by atomic mass is 35.5. The highest BCUT2D eigenvalue weighted by Crippen LogP contribution is 2.24. The number of aliphatic hydroxyl groups is 1. The number of pyridine rings is 1. The van der Waals surface area contributed by atoms with Crippen LogP contribution in [-0.2, 0) is 104 Å². The Morgan fingerprint density at radius 3 is 1.41 bits per heavy atom. The Hall–Kier alpha value is -13.3. The molecule has 4 heterocycles. The normalized spacial score (nSPS) is 17.1. The number of aliphatic hydroxyl groups excluding tert-OH is 1. The van der Waals surface area contributed by atoms with E-state index in [-0.39, 0.29) is 86.8 Å². The summed E-state index contributed by atoms with van der Waals surface area (Å²) < 4.78 is 0. The van der Waals surface area contributed by atoms with Crippen LogP contribution in [0.4, 0.5) is 21.0 Å². The molecule has 0 radical (unpaired) electrons. The molecule has 0 saturated carbocycles. The number of urea groups is 2. The lowest BCUT2D eigenvalue weighted by atomic mass is 9.99. The lowest BCUT2D eigenvalue weighted by Gasteiger charge is -2.31. The van der Waals surface area contributed by atoms with Gasteiger partial charge in [-0.1, -0.05) is 124 Å². The van der Waals surface area contributed by atoms with Gasteiger partial charge in [0.05, 0.1) is 19.4 Å². The number of aromatic nitrogens is 1. The molecule has 124 heavy (non-hydrogen) atoms. The molecular weight excluding hydrogens is 1620 g/mol. The van der Waals surface area contributed by atoms with E-state index >= 15 is 28.8 Å². The predicted molar refractivity (Wildman–Crippen MR) is 455 cm³/mol. The quantitative estimate of drug-likeness (QED) is 0.0233. The predicted octanol–water partition coefficient (Wildman–Crippen LogP) is 0.561. The molecule has 3 saturated heterocycles. The number of likely N-dealkylation sites (tertiary alicyclic amines) is 1. The molecule has 1 aromatic heterocycles. The Morgan fingerprint density at radius 1 is 0.500 bits per heavy atom. The van der Waals surface area contributed by atoms with Crippen LogP contribution >= 0.6 is 11.6 Å². The average molecular weight is 1730 g/mol. The fourth-order valence-corrected chi connectivity index (χ4v) is 14.4. The number of hydrogen-bond donors (Lipinski definition) is 18. The van der Waals surface area contributed by atoms with Gasteiger partial charge in [0.25, 0.3) is 0 Å². The van der Waals surface area contributed by atoms with E-state index in [0.717, 1.165) is 10.8 Å². The van der Waals surface area contributed by atoms with E-state index in [1.165, 1.54) is 79.7 Å². The van der Waals surface area contributed by atoms with Gasteiger partial charge < -0.3 is 90.2 Å². The van der Waals surface area contributed by atoms with Crippen molar-refractivity contribution in [1.82, 2.24) is 84.3 Å². The number of amides is 19. The van der Waals surface area contributed by atoms with Crippen molar-refractivity contribution in [1.29, 1.82) is 0 Å². The molecule has 660 valence electrons. The Labute approximate surface area is 720 Å². The summed E-state index contributed by atoms with van der Waals surface area (Å²) in [6, 6.07) is 15.3. The molecule has 0 unspecified atom stereocenters. The second kappa shape index (κ2) is 45.6. The minimum absolute atomic E-state index is 0.00888. The molecule has 38 heteroatoms. The third-order valence-electron chi connectivity index (χ3n) is 20.7. The molecule has 3 aliphatic rings. The maximum atomic E-state index is 15.6. The van der Waals surface area contributed by atoms with Gasteiger partial charge in [-0.3, -0.25) is 87.5 Å². The summed E-state index contributed by atoms with van der Waals surface area (Å²) in [6.07, 6.45) is 2.31. The van der Waals surface area contributed by atoms with Crippen LogP contribution in [0.2, 0.25) is 5.02 Å². The largest absolute Gasteiger partial charge is 0.394 e. The number of carbonyl (C=O) groups is 17. The van der Waals surface area contributed by atoms with Gasteiger partial charge in [0.1, 0.15) is 72.5 Å². The standard InChI is InChI=1S/C86H106ClN19O18/c1-46(2)35-61(76(114)95-60(16-9-10-33-90-47(3)4)84(122)106-34-12-17-70(106)83(121)91-48(5)73(88)111)96-78(116)64(38-51-21-28-58(29-22-51)93-74(112)67-42-71(109)104-85(123)102-67)98-80(118)65(39-52-23-30-59(31-24-52)94-75(113)68-43-72(110)105-86(124)103-68)100-82(120)69(45-107)101-81(119)66(41-54-13-11-32-89-44-54)99-79(117)63(37-50-19-26-57(87)27-20-50)97-77(115)62(92-49(6)108)40-53-18-25-55-14-7-8-15-56(55)36-53/h7-8,11,13-15,18-32,36,44,46-48,60-70,90,107H,9-10,12,16-17,33-35,37-43,45H2,1-6H3,(H2,88,111)(H,91,121)(H,92,108)(H,93,112)(H,94,113)(H,95,114)(H,96,116)(H,97,115)(H,98,118)(H,99,117)(H,100,120)(H,101,119)(H2,102,104,109,123)(H2,103,105,110,124)/t48-,60+,61+,62-,63-,64-,65+,66-,67-,68+,69+,70+/m1/s1. The molecule has 9 rings (SSSR count). The molecule has 3 fully saturated rings. The second-order valence-electron chi connectivity index (χ2n) is 31.5. The number of carbonyl (C=O) groups excluding carboxylic acids is 17. The average Bonchev–Trinajstić information content (AvgIpc) is 1.85. The van der Waals surface area contributed by atoms with Crippen LogP contribution in [0.1, 0.15) is 121 Å². The van der Waals surface area contributed by atoms with Crippen molar-refractivity contribution in [3.05, 3.63) is 173 Å². The van der Waals surface area contributed by atoms with E-state index in [1.54, 1.807) is 56.3 Å². The topological polar surface area (TPSA) is 545 Å². The minimum Gasteiger partial charge on any atom is -0.394 e. The zero-order valence-corrected chi connectivity index (χ0v) is 70.2. The monoisotopic (exact) mass is 1730 g/mol. The van der Waals surface area contributed by atoms with Gasteiger partial charge in [-0.05, 0) is 139 Å². The fraction of sp³-hybridized carbons (Fsp3) is 0.419. The summed E-state index contributed by atoms with van der Waals surface area (Å²) in [6.45, 7) is 9.60. The van der Waals surface area contributed by atoms with E-state index < -0.39 is 193 Å². The summed E-state index contributed by atoms with van der Waals surface area (Å²) in [4.78, 5) is 240. The van der Waals surface area contributed by atoms with Gasteiger partial charge in [-0.2, -0.15) is 0 Å². The molecule has 3 aliphatic heterocycles. The summed E-state index contributed by atoms with van der Waals surface area (Å²) in [5.74, 6) is -12.8. The number of hydrogen-bond acceptors (Lipinski definition) is 20. The Kier molecular flexibility index (Phi) is 34.7. The number of nitrogens with zero attached hydrogens (tertiary/aromatic N) is 2. The fourth-order valence-electron chi connectivity index (χ4n) is 14.2. The van der Waals surface area contributed by atoms with Crippen molar-refractivity contribution in [2.24, 2.45) is 11.7 Å². The number of fused-ring (bicyclic) bond motifs is 1. The van der Waals surface area contributed by atoms with Crippen LogP contribution in [0.25, 0.3) is 10.8 Å². The first-order chi connectivity index (χ1) is 59.1. The van der Waals surface area contributed by atoms with Gasteiger partial charge in [0, 0.05) is 80.4 Å². The number of rotatable bonds is 42. The minimum atomic E-state index is -1.96. The number of unbranched alkanes of at least 4 members (excludes halogenated alkanes) is 1. The maximum absolute atomic E-state index is 15.6. The van der Waals surface area contributed by atoms with Gasteiger partial charge in [0.15, 0.2) is 0 Å². The first-order valence-corrected chi connectivity index (χ1v) is 41.3. The third kappa shape index (κ3) is 29.0. The number of primary amides is 1. The van der Waals surface area contributed by atoms with E-state index in [9.17, 15) is 57.8 Å². The van der Waals surface area contributed by atoms with Crippen LogP contribution in [0.15, 0.2) is 140 Å². The van der Waals surface area contributed by atoms with Crippen LogP contribution in [0.3, 0.4) is 0 Å². The summed E-state index contributed by atoms with van der Waals surface area (Å²) >= 11 is 6.28. The van der Waals surface area contributed by atoms with Crippen LogP contribution < -0.4 is 90.8 Å². The van der Waals surface area contributed by atoms with Crippen LogP contribution in [0.5, 0.6) is 0 Å². The SMILES string of the molecule is CC(=O)N[C@H](Cc1ccc2ccccc2c1)C(=O)N[C@H](Cc1ccc(Cl)cc1)C(=O)N[C@H](Cc1cccnc1)C(=O)N[C@@H](CO)C(=O)N[C@@H](Cc1ccc(NC(=O)[C@@H]2CC(=O)NC(=O)N2)cc1)C(=O)N[C@H](Cc1ccc(NC(=O)[C@H]2CC(=O)NC(=O)N2)cc1)C(=O)N[C@@H](CC(C)C)C(=O)N[C@@H](CCCCNC(C)C)C(=O)N1CCC[C@H]1C(=O)N[C@H](C)C(N)=O.